The summed E-state index contributed by atoms with van der Waals surface area (Å²) in [5.74, 6) is -0.625. The molecule has 0 aliphatic heterocycles. The highest BCUT2D eigenvalue weighted by molar-refractivity contribution is 7.47. The van der Waals surface area contributed by atoms with E-state index in [9.17, 15) is 24.2 Å². The largest absolute Gasteiger partial charge is 0.472 e. The number of aliphatic hydroxyl groups excluding tert-OH is 1. The number of ether oxygens (including phenoxy) is 1. The second-order valence-electron chi connectivity index (χ2n) is 14.6. The number of hydrogen-bond acceptors (Lipinski definition) is 7. The second kappa shape index (κ2) is 47.4. The Hall–Kier alpha value is -4.11. The van der Waals surface area contributed by atoms with Crippen LogP contribution in [0.15, 0.2) is 146 Å². The Morgan fingerprint density at radius 3 is 1.29 bits per heavy atom. The average molecular weight is 892 g/mol. The van der Waals surface area contributed by atoms with Gasteiger partial charge in [0.15, 0.2) is 0 Å². The van der Waals surface area contributed by atoms with Crippen LogP contribution < -0.4 is 5.32 Å². The maximum Gasteiger partial charge on any atom is 0.472 e. The third kappa shape index (κ3) is 48.8. The van der Waals surface area contributed by atoms with Crippen molar-refractivity contribution in [1.29, 1.82) is 0 Å². The highest BCUT2D eigenvalue weighted by atomic mass is 31.2. The van der Waals surface area contributed by atoms with Gasteiger partial charge >= 0.3 is 13.8 Å². The van der Waals surface area contributed by atoms with Crippen LogP contribution in [-0.4, -0.2) is 54.3 Å². The first-order valence-corrected chi connectivity index (χ1v) is 24.8. The number of amides is 1. The topological polar surface area (TPSA) is 131 Å². The van der Waals surface area contributed by atoms with Crippen LogP contribution in [0.3, 0.4) is 0 Å². The summed E-state index contributed by atoms with van der Waals surface area (Å²) in [5, 5.41) is 12.7. The molecule has 0 aliphatic rings. The molecule has 0 rings (SSSR count). The van der Waals surface area contributed by atoms with Crippen molar-refractivity contribution in [3.05, 3.63) is 146 Å². The van der Waals surface area contributed by atoms with E-state index >= 15 is 0 Å². The lowest BCUT2D eigenvalue weighted by molar-refractivity contribution is -0.147. The highest BCUT2D eigenvalue weighted by Gasteiger charge is 2.23. The molecule has 2 unspecified atom stereocenters. The van der Waals surface area contributed by atoms with Crippen LogP contribution in [-0.2, 0) is 27.9 Å². The fraction of sp³-hybridized carbons (Fsp3) is 0.509. The summed E-state index contributed by atoms with van der Waals surface area (Å²) < 4.78 is 26.9. The summed E-state index contributed by atoms with van der Waals surface area (Å²) in [4.78, 5) is 34.0. The van der Waals surface area contributed by atoms with Crippen LogP contribution in [0.4, 0.5) is 0 Å². The Bertz CT molecular complexity index is 1530. The van der Waals surface area contributed by atoms with Gasteiger partial charge < -0.3 is 20.1 Å². The maximum atomic E-state index is 12.1. The van der Waals surface area contributed by atoms with E-state index in [1.807, 2.05) is 0 Å². The van der Waals surface area contributed by atoms with Gasteiger partial charge in [0.1, 0.15) is 12.7 Å². The van der Waals surface area contributed by atoms with Crippen LogP contribution in [0.2, 0.25) is 0 Å². The van der Waals surface area contributed by atoms with Gasteiger partial charge in [0.25, 0.3) is 0 Å². The zero-order chi connectivity index (χ0) is 46.0. The van der Waals surface area contributed by atoms with Gasteiger partial charge in [0.05, 0.1) is 13.2 Å². The molecule has 0 heterocycles. The average Bonchev–Trinajstić information content (AvgIpc) is 3.27. The zero-order valence-electron chi connectivity index (χ0n) is 38.7. The number of esters is 1. The molecule has 63 heavy (non-hydrogen) atoms. The number of phosphoric ester groups is 1. The van der Waals surface area contributed by atoms with Crippen molar-refractivity contribution < 1.29 is 37.9 Å². The Kier molecular flexibility index (Phi) is 44.3. The van der Waals surface area contributed by atoms with Crippen LogP contribution in [0.1, 0.15) is 142 Å². The van der Waals surface area contributed by atoms with Gasteiger partial charge in [-0.25, -0.2) is 4.57 Å². The Morgan fingerprint density at radius 2 is 0.873 bits per heavy atom. The summed E-state index contributed by atoms with van der Waals surface area (Å²) in [6, 6.07) is 0. The molecule has 10 heteroatoms. The minimum absolute atomic E-state index is 0.0355. The molecule has 0 saturated carbocycles. The van der Waals surface area contributed by atoms with Gasteiger partial charge in [0.2, 0.25) is 5.91 Å². The van der Waals surface area contributed by atoms with Crippen molar-refractivity contribution >= 4 is 19.7 Å². The molecule has 0 aromatic rings. The van der Waals surface area contributed by atoms with Crippen LogP contribution >= 0.6 is 7.82 Å². The molecule has 2 atom stereocenters. The van der Waals surface area contributed by atoms with Gasteiger partial charge in [-0.2, -0.15) is 0 Å². The molecule has 9 nitrogen and oxygen atoms in total. The van der Waals surface area contributed by atoms with Crippen molar-refractivity contribution in [1.82, 2.24) is 5.32 Å². The monoisotopic (exact) mass is 892 g/mol. The van der Waals surface area contributed by atoms with Crippen molar-refractivity contribution in [3.8, 4) is 0 Å². The molecule has 3 N–H and O–H groups in total. The Morgan fingerprint density at radius 1 is 0.492 bits per heavy atom. The molecule has 0 aromatic heterocycles. The van der Waals surface area contributed by atoms with E-state index in [2.05, 4.69) is 165 Å². The first-order chi connectivity index (χ1) is 30.8. The molecule has 0 saturated heterocycles. The Balaban J connectivity index is 3.78. The molecule has 0 fully saturated rings. The summed E-state index contributed by atoms with van der Waals surface area (Å²) in [7, 11) is -4.46. The molecule has 0 radical (unpaired) electrons. The molecule has 1 amide bonds. The number of unbranched alkanes of at least 4 members (excludes halogenated alkanes) is 4. The first kappa shape index (κ1) is 58.9. The van der Waals surface area contributed by atoms with Crippen molar-refractivity contribution in [3.63, 3.8) is 0 Å². The van der Waals surface area contributed by atoms with Gasteiger partial charge in [-0.3, -0.25) is 18.6 Å². The number of phosphoric acid groups is 1. The number of carbonyl (C=O) groups is 2. The minimum atomic E-state index is -4.46. The summed E-state index contributed by atoms with van der Waals surface area (Å²) in [6.45, 7) is 3.18. The standard InChI is InChI=1S/C53H82NO8P/c1-3-5-7-9-11-13-15-17-19-21-23-24-25-26-28-29-31-33-35-37-39-41-43-45-52(56)54-47-48-61-63(58,59)62-50-51(55)49-60-53(57)46-44-42-40-38-36-34-32-30-27-22-20-18-16-14-12-10-8-6-4-2/h5-8,11-14,17-20,23-24,26-28,30-31,33-34,36-37,39,51,55H,3-4,9-10,15-16,21-22,25,29,32,35,38,40-50H2,1-2H3,(H,54,56)(H,58,59)/b7-5-,8-6-,13-11-,14-12-,19-17-,20-18-,24-23-,28-26-,30-27-,33-31-,36-34-,39-37-. The zero-order valence-corrected chi connectivity index (χ0v) is 39.6. The molecule has 0 aromatic carbocycles. The van der Waals surface area contributed by atoms with E-state index in [0.29, 0.717) is 19.3 Å². The van der Waals surface area contributed by atoms with Crippen molar-refractivity contribution in [2.24, 2.45) is 0 Å². The number of allylic oxidation sites excluding steroid dienone is 24. The second-order valence-corrected chi connectivity index (χ2v) is 16.1. The van der Waals surface area contributed by atoms with Gasteiger partial charge in [0, 0.05) is 19.4 Å². The number of hydrogen-bond donors (Lipinski definition) is 3. The van der Waals surface area contributed by atoms with E-state index in [0.717, 1.165) is 103 Å². The lowest BCUT2D eigenvalue weighted by atomic mass is 10.1. The smallest absolute Gasteiger partial charge is 0.463 e. The van der Waals surface area contributed by atoms with E-state index in [1.54, 1.807) is 0 Å². The predicted molar refractivity (Wildman–Crippen MR) is 265 cm³/mol. The summed E-state index contributed by atoms with van der Waals surface area (Å²) in [5.41, 5.74) is 0. The fourth-order valence-electron chi connectivity index (χ4n) is 5.33. The van der Waals surface area contributed by atoms with Gasteiger partial charge in [-0.1, -0.05) is 166 Å². The number of aliphatic hydroxyl groups is 1. The first-order valence-electron chi connectivity index (χ1n) is 23.3. The molecule has 0 bridgehead atoms. The summed E-state index contributed by atoms with van der Waals surface area (Å²) in [6.07, 6.45) is 67.9. The third-order valence-corrected chi connectivity index (χ3v) is 9.75. The van der Waals surface area contributed by atoms with Gasteiger partial charge in [-0.15, -0.1) is 0 Å². The van der Waals surface area contributed by atoms with E-state index in [1.165, 1.54) is 0 Å². The van der Waals surface area contributed by atoms with Crippen LogP contribution in [0, 0.1) is 0 Å². The SMILES string of the molecule is CC/C=C\C/C=C\C/C=C\C/C=C\C/C=C\C/C=C\C/C=C\CCCC(=O)NCCOP(=O)(O)OCC(O)COC(=O)CCCCC/C=C\C/C=C\C/C=C\C/C=C\C/C=C\CC. The number of nitrogens with one attached hydrogen (secondary N) is 1. The molecular formula is C53H82NO8P. The molecule has 0 aliphatic carbocycles. The number of carbonyl (C=O) groups excluding carboxylic acids is 2. The van der Waals surface area contributed by atoms with E-state index < -0.39 is 26.5 Å². The van der Waals surface area contributed by atoms with Gasteiger partial charge in [-0.05, 0) is 109 Å². The lowest BCUT2D eigenvalue weighted by Gasteiger charge is -2.15. The third-order valence-electron chi connectivity index (χ3n) is 8.76. The van der Waals surface area contributed by atoms with Crippen molar-refractivity contribution in [2.45, 2.75) is 148 Å². The van der Waals surface area contributed by atoms with Crippen LogP contribution in [0.5, 0.6) is 0 Å². The minimum Gasteiger partial charge on any atom is -0.463 e. The number of rotatable bonds is 41. The van der Waals surface area contributed by atoms with Crippen molar-refractivity contribution in [2.75, 3.05) is 26.4 Å². The molecule has 0 spiro atoms. The molecule has 352 valence electrons. The van der Waals surface area contributed by atoms with E-state index in [4.69, 9.17) is 13.8 Å². The van der Waals surface area contributed by atoms with Crippen LogP contribution in [0.25, 0.3) is 0 Å². The quantitative estimate of drug-likeness (QED) is 0.0239. The summed E-state index contributed by atoms with van der Waals surface area (Å²) >= 11 is 0. The Labute approximate surface area is 382 Å². The van der Waals surface area contributed by atoms with E-state index in [-0.39, 0.29) is 32.1 Å². The predicted octanol–water partition coefficient (Wildman–Crippen LogP) is 13.7. The fourth-order valence-corrected chi connectivity index (χ4v) is 6.09. The highest BCUT2D eigenvalue weighted by Crippen LogP contribution is 2.42. The maximum absolute atomic E-state index is 12.1. The normalized spacial score (nSPS) is 14.5. The lowest BCUT2D eigenvalue weighted by Crippen LogP contribution is -2.27. The molecular weight excluding hydrogens is 810 g/mol.